The highest BCUT2D eigenvalue weighted by Gasteiger charge is 2.01. The lowest BCUT2D eigenvalue weighted by atomic mass is 10.1. The summed E-state index contributed by atoms with van der Waals surface area (Å²) in [7, 11) is 0. The Kier molecular flexibility index (Phi) is 5.14. The highest BCUT2D eigenvalue weighted by molar-refractivity contribution is 5.85. The van der Waals surface area contributed by atoms with Crippen LogP contribution in [0.2, 0.25) is 0 Å². The quantitative estimate of drug-likeness (QED) is 0.582. The fourth-order valence-electron chi connectivity index (χ4n) is 2.65. The van der Waals surface area contributed by atoms with E-state index in [2.05, 4.69) is 47.9 Å². The molecule has 1 aromatic heterocycles. The summed E-state index contributed by atoms with van der Waals surface area (Å²) in [4.78, 5) is 13.7. The van der Waals surface area contributed by atoms with Gasteiger partial charge in [-0.2, -0.15) is 0 Å². The van der Waals surface area contributed by atoms with Crippen LogP contribution in [0, 0.1) is 20.8 Å². The van der Waals surface area contributed by atoms with E-state index in [1.165, 1.54) is 0 Å². The van der Waals surface area contributed by atoms with Crippen LogP contribution >= 0.6 is 0 Å². The zero-order valence-electron chi connectivity index (χ0n) is 14.8. The predicted octanol–water partition coefficient (Wildman–Crippen LogP) is 5.51. The van der Waals surface area contributed by atoms with E-state index in [1.54, 1.807) is 6.21 Å². The lowest BCUT2D eigenvalue weighted by Crippen LogP contribution is -1.95. The molecule has 0 aliphatic rings. The normalized spacial score (nSPS) is 11.5. The maximum absolute atomic E-state index is 4.64. The average molecular weight is 327 g/mol. The lowest BCUT2D eigenvalue weighted by molar-refractivity contribution is 1.24. The number of benzene rings is 2. The van der Waals surface area contributed by atoms with Crippen molar-refractivity contribution in [3.8, 4) is 0 Å². The van der Waals surface area contributed by atoms with Crippen LogP contribution in [-0.2, 0) is 0 Å². The van der Waals surface area contributed by atoms with Crippen molar-refractivity contribution in [3.63, 3.8) is 0 Å². The molecule has 0 radical (unpaired) electrons. The number of aromatic nitrogens is 1. The van der Waals surface area contributed by atoms with Gasteiger partial charge in [0.15, 0.2) is 0 Å². The van der Waals surface area contributed by atoms with Crippen molar-refractivity contribution in [2.24, 2.45) is 9.98 Å². The zero-order valence-corrected chi connectivity index (χ0v) is 14.8. The second-order valence-electron chi connectivity index (χ2n) is 6.09. The average Bonchev–Trinajstić information content (AvgIpc) is 2.60. The van der Waals surface area contributed by atoms with E-state index in [4.69, 9.17) is 0 Å². The maximum atomic E-state index is 4.64. The third-order valence-corrected chi connectivity index (χ3v) is 3.88. The Labute approximate surface area is 148 Å². The molecule has 3 nitrogen and oxygen atoms in total. The predicted molar refractivity (Wildman–Crippen MR) is 106 cm³/mol. The largest absolute Gasteiger partial charge is 0.255 e. The van der Waals surface area contributed by atoms with Gasteiger partial charge >= 0.3 is 0 Å². The van der Waals surface area contributed by atoms with Crippen molar-refractivity contribution < 1.29 is 0 Å². The molecule has 0 atom stereocenters. The van der Waals surface area contributed by atoms with Gasteiger partial charge in [0, 0.05) is 0 Å². The van der Waals surface area contributed by atoms with Gasteiger partial charge in [-0.3, -0.25) is 9.98 Å². The summed E-state index contributed by atoms with van der Waals surface area (Å²) in [5.41, 5.74) is 7.03. The van der Waals surface area contributed by atoms with E-state index in [1.807, 2.05) is 54.7 Å². The molecule has 1 heterocycles. The molecule has 0 N–H and O–H groups in total. The van der Waals surface area contributed by atoms with E-state index in [0.717, 1.165) is 39.5 Å². The van der Waals surface area contributed by atoms with Crippen LogP contribution < -0.4 is 0 Å². The van der Waals surface area contributed by atoms with E-state index in [9.17, 15) is 0 Å². The summed E-state index contributed by atoms with van der Waals surface area (Å²) in [6.07, 6.45) is 3.61. The molecule has 3 aromatic rings. The Balaban J connectivity index is 1.87. The molecule has 0 bridgehead atoms. The summed E-state index contributed by atoms with van der Waals surface area (Å²) >= 11 is 0. The number of nitrogens with zero attached hydrogens (tertiary/aromatic N) is 3. The van der Waals surface area contributed by atoms with Crippen LogP contribution in [0.25, 0.3) is 0 Å². The van der Waals surface area contributed by atoms with Crippen LogP contribution in [0.1, 0.15) is 28.1 Å². The molecular weight excluding hydrogens is 306 g/mol. The first-order valence-electron chi connectivity index (χ1n) is 8.30. The fraction of sp³-hybridized carbons (Fsp3) is 0.136. The number of aryl methyl sites for hydroxylation is 3. The maximum Gasteiger partial charge on any atom is 0.0823 e. The molecule has 0 aliphatic carbocycles. The number of hydrogen-bond donors (Lipinski definition) is 0. The van der Waals surface area contributed by atoms with Gasteiger partial charge < -0.3 is 0 Å². The van der Waals surface area contributed by atoms with Gasteiger partial charge in [-0.15, -0.1) is 0 Å². The van der Waals surface area contributed by atoms with Crippen LogP contribution in [0.3, 0.4) is 0 Å². The standard InChI is InChI=1S/C22H21N3/c1-16-12-20(14-23-19-10-5-4-6-11-19)25-21(13-16)15-24-22-17(2)8-7-9-18(22)3/h4-15H,1-3H3. The second kappa shape index (κ2) is 7.67. The van der Waals surface area contributed by atoms with Crippen molar-refractivity contribution >= 4 is 23.8 Å². The monoisotopic (exact) mass is 327 g/mol. The summed E-state index contributed by atoms with van der Waals surface area (Å²) in [6, 6.07) is 20.1. The minimum Gasteiger partial charge on any atom is -0.255 e. The number of pyridine rings is 1. The minimum absolute atomic E-state index is 0.826. The Hall–Kier alpha value is -3.07. The zero-order chi connectivity index (χ0) is 17.6. The number of hydrogen-bond acceptors (Lipinski definition) is 3. The van der Waals surface area contributed by atoms with Crippen molar-refractivity contribution in [3.05, 3.63) is 88.7 Å². The van der Waals surface area contributed by atoms with Crippen molar-refractivity contribution in [1.29, 1.82) is 0 Å². The van der Waals surface area contributed by atoms with Gasteiger partial charge in [0.1, 0.15) is 0 Å². The highest BCUT2D eigenvalue weighted by atomic mass is 14.8. The SMILES string of the molecule is Cc1cc(C=Nc2ccccc2)nc(C=Nc2c(C)cccc2C)c1. The van der Waals surface area contributed by atoms with Gasteiger partial charge in [-0.25, -0.2) is 4.98 Å². The molecule has 0 unspecified atom stereocenters. The number of aliphatic imine (C=N–C) groups is 2. The van der Waals surface area contributed by atoms with Crippen molar-refractivity contribution in [2.45, 2.75) is 20.8 Å². The third kappa shape index (κ3) is 4.48. The Morgan fingerprint density at radius 1 is 0.720 bits per heavy atom. The molecule has 2 aromatic carbocycles. The molecule has 3 rings (SSSR count). The van der Waals surface area contributed by atoms with Crippen LogP contribution in [0.5, 0.6) is 0 Å². The summed E-state index contributed by atoms with van der Waals surface area (Å²) in [5.74, 6) is 0. The molecule has 3 heteroatoms. The van der Waals surface area contributed by atoms with E-state index >= 15 is 0 Å². The minimum atomic E-state index is 0.826. The van der Waals surface area contributed by atoms with Gasteiger partial charge in [0.2, 0.25) is 0 Å². The first-order valence-corrected chi connectivity index (χ1v) is 8.30. The molecule has 25 heavy (non-hydrogen) atoms. The molecular formula is C22H21N3. The van der Waals surface area contributed by atoms with Gasteiger partial charge in [0.25, 0.3) is 0 Å². The summed E-state index contributed by atoms with van der Waals surface area (Å²) in [5, 5.41) is 0. The van der Waals surface area contributed by atoms with Crippen LogP contribution in [0.4, 0.5) is 11.4 Å². The van der Waals surface area contributed by atoms with Gasteiger partial charge in [0.05, 0.1) is 35.2 Å². The first kappa shape index (κ1) is 16.8. The van der Waals surface area contributed by atoms with Gasteiger partial charge in [-0.1, -0.05) is 36.4 Å². The van der Waals surface area contributed by atoms with E-state index in [0.29, 0.717) is 0 Å². The molecule has 0 amide bonds. The Morgan fingerprint density at radius 2 is 1.32 bits per heavy atom. The second-order valence-corrected chi connectivity index (χ2v) is 6.09. The first-order chi connectivity index (χ1) is 12.1. The highest BCUT2D eigenvalue weighted by Crippen LogP contribution is 2.22. The van der Waals surface area contributed by atoms with Gasteiger partial charge in [-0.05, 0) is 61.7 Å². The summed E-state index contributed by atoms with van der Waals surface area (Å²) < 4.78 is 0. The Morgan fingerprint density at radius 3 is 1.96 bits per heavy atom. The molecule has 0 saturated heterocycles. The number of rotatable bonds is 4. The Bertz CT molecular complexity index is 905. The third-order valence-electron chi connectivity index (χ3n) is 3.88. The smallest absolute Gasteiger partial charge is 0.0823 e. The molecule has 0 spiro atoms. The van der Waals surface area contributed by atoms with Crippen molar-refractivity contribution in [1.82, 2.24) is 4.98 Å². The van der Waals surface area contributed by atoms with Crippen LogP contribution in [-0.4, -0.2) is 17.4 Å². The molecule has 0 saturated carbocycles. The lowest BCUT2D eigenvalue weighted by Gasteiger charge is -2.04. The van der Waals surface area contributed by atoms with E-state index in [-0.39, 0.29) is 0 Å². The topological polar surface area (TPSA) is 37.6 Å². The summed E-state index contributed by atoms with van der Waals surface area (Å²) in [6.45, 7) is 6.19. The van der Waals surface area contributed by atoms with Crippen molar-refractivity contribution in [2.75, 3.05) is 0 Å². The van der Waals surface area contributed by atoms with E-state index < -0.39 is 0 Å². The fourth-order valence-corrected chi connectivity index (χ4v) is 2.65. The molecule has 124 valence electrons. The number of para-hydroxylation sites is 2. The molecule has 0 aliphatic heterocycles. The van der Waals surface area contributed by atoms with Crippen LogP contribution in [0.15, 0.2) is 70.6 Å². The molecule has 0 fully saturated rings.